The topological polar surface area (TPSA) is 78.9 Å². The highest BCUT2D eigenvalue weighted by Gasteiger charge is 2.19. The van der Waals surface area contributed by atoms with Crippen molar-refractivity contribution in [1.29, 1.82) is 0 Å². The van der Waals surface area contributed by atoms with Gasteiger partial charge in [-0.15, -0.1) is 0 Å². The zero-order valence-corrected chi connectivity index (χ0v) is 50.1. The molecule has 0 saturated heterocycles. The third-order valence-electron chi connectivity index (χ3n) is 15.2. The molecular formula is C68H128O6. The molecule has 1 atom stereocenters. The summed E-state index contributed by atoms with van der Waals surface area (Å²) in [4.78, 5) is 38.3. The van der Waals surface area contributed by atoms with Crippen molar-refractivity contribution in [1.82, 2.24) is 0 Å². The molecule has 0 aromatic rings. The lowest BCUT2D eigenvalue weighted by molar-refractivity contribution is -0.167. The highest BCUT2D eigenvalue weighted by molar-refractivity contribution is 5.71. The Kier molecular flexibility index (Phi) is 61.6. The largest absolute Gasteiger partial charge is 0.462 e. The van der Waals surface area contributed by atoms with Crippen LogP contribution in [0.3, 0.4) is 0 Å². The Hall–Kier alpha value is -2.11. The summed E-state index contributed by atoms with van der Waals surface area (Å²) in [6.45, 7) is 6.67. The van der Waals surface area contributed by atoms with Crippen LogP contribution in [0.1, 0.15) is 374 Å². The predicted molar refractivity (Wildman–Crippen MR) is 321 cm³/mol. The molecule has 0 saturated carbocycles. The second-order valence-electron chi connectivity index (χ2n) is 22.7. The fourth-order valence-electron chi connectivity index (χ4n) is 10.2. The molecule has 0 radical (unpaired) electrons. The van der Waals surface area contributed by atoms with Crippen LogP contribution in [0.2, 0.25) is 0 Å². The minimum atomic E-state index is -0.774. The van der Waals surface area contributed by atoms with E-state index in [4.69, 9.17) is 14.2 Å². The molecule has 1 unspecified atom stereocenters. The van der Waals surface area contributed by atoms with Gasteiger partial charge in [0.05, 0.1) is 0 Å². The van der Waals surface area contributed by atoms with Crippen molar-refractivity contribution in [2.75, 3.05) is 13.2 Å². The smallest absolute Gasteiger partial charge is 0.306 e. The van der Waals surface area contributed by atoms with Gasteiger partial charge in [-0.2, -0.15) is 0 Å². The normalized spacial score (nSPS) is 12.1. The lowest BCUT2D eigenvalue weighted by Gasteiger charge is -2.18. The molecule has 6 heteroatoms. The van der Waals surface area contributed by atoms with E-state index in [0.717, 1.165) is 77.0 Å². The van der Waals surface area contributed by atoms with Crippen LogP contribution in [0.15, 0.2) is 24.3 Å². The standard InChI is InChI=1S/C68H128O6/c1-4-7-10-13-16-19-22-25-27-29-30-31-32-33-34-35-36-37-38-39-40-42-43-46-49-52-55-58-61-67(70)73-64-65(63-72-66(69)60-57-54-51-48-45-24-21-18-15-12-9-6-3)74-68(71)62-59-56-53-50-47-44-41-28-26-23-20-17-14-11-8-5-2/h20,23,28,41,65H,4-19,21-22,24-27,29-40,42-64H2,1-3H3/b23-20-,41-28-. The molecule has 0 heterocycles. The molecule has 0 aromatic heterocycles. The van der Waals surface area contributed by atoms with Gasteiger partial charge < -0.3 is 14.2 Å². The molecular weight excluding hydrogens is 913 g/mol. The van der Waals surface area contributed by atoms with Gasteiger partial charge >= 0.3 is 17.9 Å². The quantitative estimate of drug-likeness (QED) is 0.0261. The third kappa shape index (κ3) is 60.8. The average molecular weight is 1040 g/mol. The number of hydrogen-bond acceptors (Lipinski definition) is 6. The van der Waals surface area contributed by atoms with Gasteiger partial charge in [0, 0.05) is 19.3 Å². The highest BCUT2D eigenvalue weighted by atomic mass is 16.6. The first kappa shape index (κ1) is 71.9. The van der Waals surface area contributed by atoms with Gasteiger partial charge in [0.15, 0.2) is 6.10 Å². The van der Waals surface area contributed by atoms with Crippen molar-refractivity contribution in [3.63, 3.8) is 0 Å². The molecule has 0 bridgehead atoms. The van der Waals surface area contributed by atoms with Crippen molar-refractivity contribution < 1.29 is 28.6 Å². The zero-order valence-electron chi connectivity index (χ0n) is 50.1. The number of hydrogen-bond donors (Lipinski definition) is 0. The van der Waals surface area contributed by atoms with Crippen molar-refractivity contribution in [2.45, 2.75) is 380 Å². The summed E-state index contributed by atoms with van der Waals surface area (Å²) in [5, 5.41) is 0. The molecule has 0 aliphatic carbocycles. The Morgan fingerprint density at radius 1 is 0.270 bits per heavy atom. The number of allylic oxidation sites excluding steroid dienone is 4. The summed E-state index contributed by atoms with van der Waals surface area (Å²) in [6, 6.07) is 0. The number of carbonyl (C=O) groups excluding carboxylic acids is 3. The van der Waals surface area contributed by atoms with Crippen molar-refractivity contribution >= 4 is 17.9 Å². The van der Waals surface area contributed by atoms with Crippen LogP contribution >= 0.6 is 0 Å². The van der Waals surface area contributed by atoms with E-state index in [1.165, 1.54) is 257 Å². The minimum absolute atomic E-state index is 0.0712. The Morgan fingerprint density at radius 3 is 0.757 bits per heavy atom. The van der Waals surface area contributed by atoms with E-state index in [1.807, 2.05) is 0 Å². The number of unbranched alkanes of at least 4 members (excludes halogenated alkanes) is 47. The Labute approximate surface area is 462 Å². The molecule has 0 fully saturated rings. The Bertz CT molecular complexity index is 1190. The monoisotopic (exact) mass is 1040 g/mol. The van der Waals surface area contributed by atoms with Gasteiger partial charge in [0.2, 0.25) is 0 Å². The predicted octanol–water partition coefficient (Wildman–Crippen LogP) is 22.6. The lowest BCUT2D eigenvalue weighted by atomic mass is 10.0. The first-order chi connectivity index (χ1) is 36.5. The van der Waals surface area contributed by atoms with Crippen LogP contribution in [0.4, 0.5) is 0 Å². The zero-order chi connectivity index (χ0) is 53.6. The number of carbonyl (C=O) groups is 3. The molecule has 74 heavy (non-hydrogen) atoms. The van der Waals surface area contributed by atoms with Gasteiger partial charge in [-0.1, -0.05) is 328 Å². The van der Waals surface area contributed by atoms with Crippen LogP contribution in [0.5, 0.6) is 0 Å². The van der Waals surface area contributed by atoms with E-state index in [1.54, 1.807) is 0 Å². The van der Waals surface area contributed by atoms with E-state index in [9.17, 15) is 14.4 Å². The molecule has 0 aliphatic rings. The van der Waals surface area contributed by atoms with E-state index >= 15 is 0 Å². The molecule has 436 valence electrons. The van der Waals surface area contributed by atoms with Crippen LogP contribution < -0.4 is 0 Å². The van der Waals surface area contributed by atoms with Crippen molar-refractivity contribution in [3.05, 3.63) is 24.3 Å². The second-order valence-corrected chi connectivity index (χ2v) is 22.7. The van der Waals surface area contributed by atoms with Crippen LogP contribution in [0.25, 0.3) is 0 Å². The van der Waals surface area contributed by atoms with E-state index in [2.05, 4.69) is 45.1 Å². The van der Waals surface area contributed by atoms with Gasteiger partial charge in [0.25, 0.3) is 0 Å². The Balaban J connectivity index is 4.15. The molecule has 0 rings (SSSR count). The fourth-order valence-corrected chi connectivity index (χ4v) is 10.2. The van der Waals surface area contributed by atoms with Crippen LogP contribution in [-0.4, -0.2) is 37.2 Å². The number of esters is 3. The third-order valence-corrected chi connectivity index (χ3v) is 15.2. The summed E-state index contributed by atoms with van der Waals surface area (Å²) in [6.07, 6.45) is 76.3. The lowest BCUT2D eigenvalue weighted by Crippen LogP contribution is -2.30. The number of rotatable bonds is 62. The number of ether oxygens (including phenoxy) is 3. The van der Waals surface area contributed by atoms with Crippen molar-refractivity contribution in [2.24, 2.45) is 0 Å². The summed E-state index contributed by atoms with van der Waals surface area (Å²) in [7, 11) is 0. The molecule has 0 aliphatic heterocycles. The first-order valence-corrected chi connectivity index (χ1v) is 33.3. The maximum atomic E-state index is 12.9. The van der Waals surface area contributed by atoms with E-state index < -0.39 is 6.10 Å². The molecule has 0 N–H and O–H groups in total. The molecule has 0 amide bonds. The van der Waals surface area contributed by atoms with E-state index in [-0.39, 0.29) is 31.1 Å². The average Bonchev–Trinajstić information content (AvgIpc) is 3.40. The Morgan fingerprint density at radius 2 is 0.486 bits per heavy atom. The maximum Gasteiger partial charge on any atom is 0.306 e. The van der Waals surface area contributed by atoms with Crippen LogP contribution in [0, 0.1) is 0 Å². The summed E-state index contributed by atoms with van der Waals surface area (Å²) >= 11 is 0. The molecule has 0 spiro atoms. The summed E-state index contributed by atoms with van der Waals surface area (Å²) < 4.78 is 16.9. The van der Waals surface area contributed by atoms with Gasteiger partial charge in [-0.25, -0.2) is 0 Å². The van der Waals surface area contributed by atoms with Crippen LogP contribution in [-0.2, 0) is 28.6 Å². The SMILES string of the molecule is CCCCCC/C=C\C/C=C\CCCCCCCC(=O)OC(COC(=O)CCCCCCCCCCCCCC)COC(=O)CCCCCCCCCCCCCCCCCCCCCCCCCCCCCC. The van der Waals surface area contributed by atoms with E-state index in [0.29, 0.717) is 19.3 Å². The highest BCUT2D eigenvalue weighted by Crippen LogP contribution is 2.18. The maximum absolute atomic E-state index is 12.9. The first-order valence-electron chi connectivity index (χ1n) is 33.3. The van der Waals surface area contributed by atoms with Gasteiger partial charge in [-0.3, -0.25) is 14.4 Å². The second kappa shape index (κ2) is 63.4. The summed E-state index contributed by atoms with van der Waals surface area (Å²) in [5.74, 6) is -0.859. The molecule has 0 aromatic carbocycles. The minimum Gasteiger partial charge on any atom is -0.462 e. The van der Waals surface area contributed by atoms with Crippen molar-refractivity contribution in [3.8, 4) is 0 Å². The molecule has 6 nitrogen and oxygen atoms in total. The van der Waals surface area contributed by atoms with Gasteiger partial charge in [-0.05, 0) is 51.4 Å². The fraction of sp³-hybridized carbons (Fsp3) is 0.897. The summed E-state index contributed by atoms with van der Waals surface area (Å²) in [5.41, 5.74) is 0. The van der Waals surface area contributed by atoms with Gasteiger partial charge in [0.1, 0.15) is 13.2 Å².